The predicted octanol–water partition coefficient (Wildman–Crippen LogP) is 3.52. The normalized spacial score (nSPS) is 17.6. The Morgan fingerprint density at radius 3 is 2.71 bits per heavy atom. The van der Waals surface area contributed by atoms with E-state index in [0.717, 1.165) is 6.42 Å². The van der Waals surface area contributed by atoms with Crippen molar-refractivity contribution in [2.75, 3.05) is 0 Å². The van der Waals surface area contributed by atoms with Crippen molar-refractivity contribution in [2.45, 2.75) is 57.4 Å². The molecule has 0 aliphatic heterocycles. The minimum absolute atomic E-state index is 0.225. The molecule has 0 aromatic carbocycles. The van der Waals surface area contributed by atoms with Gasteiger partial charge in [0.15, 0.2) is 0 Å². The SMILES string of the molecule is O=C(CCc1ccsc1)NC1CCCCCC1. The molecule has 1 aromatic heterocycles. The zero-order valence-electron chi connectivity index (χ0n) is 10.3. The van der Waals surface area contributed by atoms with Gasteiger partial charge in [0.25, 0.3) is 0 Å². The van der Waals surface area contributed by atoms with Crippen LogP contribution in [0.4, 0.5) is 0 Å². The predicted molar refractivity (Wildman–Crippen MR) is 72.3 cm³/mol. The van der Waals surface area contributed by atoms with E-state index in [1.165, 1.54) is 44.1 Å². The Bertz CT molecular complexity index is 326. The summed E-state index contributed by atoms with van der Waals surface area (Å²) in [6, 6.07) is 2.54. The van der Waals surface area contributed by atoms with E-state index in [1.54, 1.807) is 11.3 Å². The molecule has 1 N–H and O–H groups in total. The maximum absolute atomic E-state index is 11.8. The number of nitrogens with one attached hydrogen (secondary N) is 1. The topological polar surface area (TPSA) is 29.1 Å². The first-order valence-electron chi connectivity index (χ1n) is 6.65. The van der Waals surface area contributed by atoms with Crippen molar-refractivity contribution in [3.05, 3.63) is 22.4 Å². The van der Waals surface area contributed by atoms with Crippen LogP contribution in [0.2, 0.25) is 0 Å². The summed E-state index contributed by atoms with van der Waals surface area (Å²) in [7, 11) is 0. The van der Waals surface area contributed by atoms with Crippen molar-refractivity contribution in [3.63, 3.8) is 0 Å². The summed E-state index contributed by atoms with van der Waals surface area (Å²) in [4.78, 5) is 11.8. The third-order valence-electron chi connectivity index (χ3n) is 3.44. The summed E-state index contributed by atoms with van der Waals surface area (Å²) >= 11 is 1.70. The lowest BCUT2D eigenvalue weighted by Crippen LogP contribution is -2.34. The fraction of sp³-hybridized carbons (Fsp3) is 0.643. The van der Waals surface area contributed by atoms with Crippen LogP contribution in [0.1, 0.15) is 50.5 Å². The average Bonchev–Trinajstić information content (AvgIpc) is 2.72. The molecule has 0 unspecified atom stereocenters. The second-order valence-electron chi connectivity index (χ2n) is 4.89. The lowest BCUT2D eigenvalue weighted by Gasteiger charge is -2.15. The van der Waals surface area contributed by atoms with Crippen molar-refractivity contribution in [2.24, 2.45) is 0 Å². The number of hydrogen-bond acceptors (Lipinski definition) is 2. The minimum Gasteiger partial charge on any atom is -0.353 e. The first kappa shape index (κ1) is 12.6. The summed E-state index contributed by atoms with van der Waals surface area (Å²) in [6.45, 7) is 0. The standard InChI is InChI=1S/C14H21NOS/c16-14(8-7-12-9-10-17-11-12)15-13-5-3-1-2-4-6-13/h9-11,13H,1-8H2,(H,15,16). The highest BCUT2D eigenvalue weighted by molar-refractivity contribution is 7.07. The molecule has 1 heterocycles. The third kappa shape index (κ3) is 4.50. The van der Waals surface area contributed by atoms with Gasteiger partial charge in [-0.2, -0.15) is 11.3 Å². The minimum atomic E-state index is 0.225. The van der Waals surface area contributed by atoms with Gasteiger partial charge < -0.3 is 5.32 Å². The second kappa shape index (κ2) is 6.80. The van der Waals surface area contributed by atoms with E-state index < -0.39 is 0 Å². The summed E-state index contributed by atoms with van der Waals surface area (Å²) in [6.07, 6.45) is 9.07. The van der Waals surface area contributed by atoms with E-state index in [0.29, 0.717) is 12.5 Å². The molecule has 0 radical (unpaired) electrons. The Kier molecular flexibility index (Phi) is 5.05. The van der Waals surface area contributed by atoms with Gasteiger partial charge in [0.2, 0.25) is 5.91 Å². The Morgan fingerprint density at radius 2 is 2.06 bits per heavy atom. The fourth-order valence-corrected chi connectivity index (χ4v) is 3.12. The van der Waals surface area contributed by atoms with Crippen LogP contribution in [-0.4, -0.2) is 11.9 Å². The molecular formula is C14H21NOS. The van der Waals surface area contributed by atoms with Gasteiger partial charge in [-0.05, 0) is 41.7 Å². The van der Waals surface area contributed by atoms with Crippen LogP contribution in [0.3, 0.4) is 0 Å². The molecule has 1 aliphatic rings. The van der Waals surface area contributed by atoms with Gasteiger partial charge >= 0.3 is 0 Å². The molecule has 1 fully saturated rings. The fourth-order valence-electron chi connectivity index (χ4n) is 2.42. The van der Waals surface area contributed by atoms with Crippen molar-refractivity contribution in [1.29, 1.82) is 0 Å². The molecule has 2 nitrogen and oxygen atoms in total. The van der Waals surface area contributed by atoms with E-state index in [1.807, 2.05) is 0 Å². The van der Waals surface area contributed by atoms with Crippen LogP contribution >= 0.6 is 11.3 Å². The van der Waals surface area contributed by atoms with E-state index in [9.17, 15) is 4.79 Å². The number of carbonyl (C=O) groups excluding carboxylic acids is 1. The van der Waals surface area contributed by atoms with Crippen LogP contribution in [0.5, 0.6) is 0 Å². The van der Waals surface area contributed by atoms with Crippen molar-refractivity contribution < 1.29 is 4.79 Å². The number of carbonyl (C=O) groups is 1. The molecule has 0 saturated heterocycles. The largest absolute Gasteiger partial charge is 0.353 e. The number of rotatable bonds is 4. The van der Waals surface area contributed by atoms with Crippen molar-refractivity contribution in [1.82, 2.24) is 5.32 Å². The smallest absolute Gasteiger partial charge is 0.220 e. The maximum Gasteiger partial charge on any atom is 0.220 e. The summed E-state index contributed by atoms with van der Waals surface area (Å²) < 4.78 is 0. The molecular weight excluding hydrogens is 230 g/mol. The van der Waals surface area contributed by atoms with E-state index in [-0.39, 0.29) is 5.91 Å². The molecule has 1 aliphatic carbocycles. The Hall–Kier alpha value is -0.830. The van der Waals surface area contributed by atoms with Gasteiger partial charge in [0.1, 0.15) is 0 Å². The van der Waals surface area contributed by atoms with Crippen LogP contribution in [0.25, 0.3) is 0 Å². The monoisotopic (exact) mass is 251 g/mol. The molecule has 0 atom stereocenters. The molecule has 2 rings (SSSR count). The highest BCUT2D eigenvalue weighted by Gasteiger charge is 2.14. The summed E-state index contributed by atoms with van der Waals surface area (Å²) in [5.74, 6) is 0.225. The quantitative estimate of drug-likeness (QED) is 0.815. The molecule has 1 aromatic rings. The van der Waals surface area contributed by atoms with Crippen LogP contribution in [0, 0.1) is 0 Å². The van der Waals surface area contributed by atoms with Crippen LogP contribution in [-0.2, 0) is 11.2 Å². The molecule has 0 bridgehead atoms. The van der Waals surface area contributed by atoms with Crippen LogP contribution < -0.4 is 5.32 Å². The number of thiophene rings is 1. The van der Waals surface area contributed by atoms with Gasteiger partial charge in [-0.25, -0.2) is 0 Å². The van der Waals surface area contributed by atoms with Gasteiger partial charge in [0.05, 0.1) is 0 Å². The zero-order valence-corrected chi connectivity index (χ0v) is 11.1. The van der Waals surface area contributed by atoms with Crippen LogP contribution in [0.15, 0.2) is 16.8 Å². The first-order valence-corrected chi connectivity index (χ1v) is 7.59. The molecule has 1 amide bonds. The molecule has 3 heteroatoms. The second-order valence-corrected chi connectivity index (χ2v) is 5.67. The molecule has 0 spiro atoms. The highest BCUT2D eigenvalue weighted by Crippen LogP contribution is 2.17. The van der Waals surface area contributed by atoms with Gasteiger partial charge in [-0.15, -0.1) is 0 Å². The summed E-state index contributed by atoms with van der Waals surface area (Å²) in [5.41, 5.74) is 1.28. The van der Waals surface area contributed by atoms with Gasteiger partial charge in [0, 0.05) is 12.5 Å². The lowest BCUT2D eigenvalue weighted by atomic mass is 10.1. The van der Waals surface area contributed by atoms with E-state index >= 15 is 0 Å². The van der Waals surface area contributed by atoms with Crippen molar-refractivity contribution >= 4 is 17.2 Å². The van der Waals surface area contributed by atoms with E-state index in [2.05, 4.69) is 22.1 Å². The van der Waals surface area contributed by atoms with E-state index in [4.69, 9.17) is 0 Å². The molecule has 17 heavy (non-hydrogen) atoms. The number of amides is 1. The third-order valence-corrected chi connectivity index (χ3v) is 4.17. The van der Waals surface area contributed by atoms with Gasteiger partial charge in [-0.1, -0.05) is 25.7 Å². The Balaban J connectivity index is 1.69. The Labute approximate surface area is 107 Å². The summed E-state index contributed by atoms with van der Waals surface area (Å²) in [5, 5.41) is 7.38. The zero-order chi connectivity index (χ0) is 11.9. The maximum atomic E-state index is 11.8. The van der Waals surface area contributed by atoms with Gasteiger partial charge in [-0.3, -0.25) is 4.79 Å². The highest BCUT2D eigenvalue weighted by atomic mass is 32.1. The van der Waals surface area contributed by atoms with Crippen molar-refractivity contribution in [3.8, 4) is 0 Å². The molecule has 94 valence electrons. The lowest BCUT2D eigenvalue weighted by molar-refractivity contribution is -0.121. The molecule has 1 saturated carbocycles. The first-order chi connectivity index (χ1) is 8.34. The number of hydrogen-bond donors (Lipinski definition) is 1. The average molecular weight is 251 g/mol. The number of aryl methyl sites for hydroxylation is 1. The Morgan fingerprint density at radius 1 is 1.29 bits per heavy atom.